The Morgan fingerprint density at radius 1 is 0.935 bits per heavy atom. The smallest absolute Gasteiger partial charge is 0.319 e. The van der Waals surface area contributed by atoms with Crippen LogP contribution in [0.3, 0.4) is 0 Å². The van der Waals surface area contributed by atoms with Crippen LogP contribution in [-0.2, 0) is 14.3 Å². The number of carbonyl (C=O) groups is 3. The summed E-state index contributed by atoms with van der Waals surface area (Å²) in [5, 5.41) is 0. The van der Waals surface area contributed by atoms with Gasteiger partial charge in [-0.3, -0.25) is 14.5 Å². The number of ether oxygens (including phenoxy) is 1. The van der Waals surface area contributed by atoms with Crippen molar-refractivity contribution in [2.45, 2.75) is 65.8 Å². The van der Waals surface area contributed by atoms with E-state index in [9.17, 15) is 14.4 Å². The first kappa shape index (κ1) is 25.4. The van der Waals surface area contributed by atoms with Crippen LogP contribution in [0.25, 0.3) is 0 Å². The van der Waals surface area contributed by atoms with Gasteiger partial charge in [0, 0.05) is 51.2 Å². The first-order valence-corrected chi connectivity index (χ1v) is 12.2. The van der Waals surface area contributed by atoms with Crippen LogP contribution in [0.4, 0.5) is 4.79 Å². The largest absolute Gasteiger partial charge is 0.466 e. The lowest BCUT2D eigenvalue weighted by Gasteiger charge is -2.37. The van der Waals surface area contributed by atoms with Crippen LogP contribution < -0.4 is 0 Å². The van der Waals surface area contributed by atoms with Crippen LogP contribution in [0.15, 0.2) is 0 Å². The van der Waals surface area contributed by atoms with Crippen molar-refractivity contribution in [3.63, 3.8) is 0 Å². The topological polar surface area (TPSA) is 73.4 Å². The van der Waals surface area contributed by atoms with Gasteiger partial charge in [0.25, 0.3) is 0 Å². The highest BCUT2D eigenvalue weighted by molar-refractivity contribution is 5.80. The van der Waals surface area contributed by atoms with Crippen LogP contribution in [0.2, 0.25) is 0 Å². The molecular formula is C23H42N4O4. The number of urea groups is 1. The molecular weight excluding hydrogens is 396 g/mol. The van der Waals surface area contributed by atoms with E-state index in [0.29, 0.717) is 64.8 Å². The predicted octanol–water partition coefficient (Wildman–Crippen LogP) is 2.43. The number of hydrogen-bond acceptors (Lipinski definition) is 5. The Bertz CT molecular complexity index is 588. The van der Waals surface area contributed by atoms with Gasteiger partial charge in [-0.1, -0.05) is 6.92 Å². The van der Waals surface area contributed by atoms with Gasteiger partial charge in [-0.25, -0.2) is 4.79 Å². The van der Waals surface area contributed by atoms with E-state index < -0.39 is 0 Å². The molecule has 3 amide bonds. The molecule has 2 aliphatic rings. The van der Waals surface area contributed by atoms with Gasteiger partial charge in [0.1, 0.15) is 0 Å². The monoisotopic (exact) mass is 438 g/mol. The Hall–Kier alpha value is -1.83. The number of hydrogen-bond donors (Lipinski definition) is 0. The predicted molar refractivity (Wildman–Crippen MR) is 121 cm³/mol. The van der Waals surface area contributed by atoms with Crippen LogP contribution in [0.1, 0.15) is 59.8 Å². The molecule has 0 spiro atoms. The van der Waals surface area contributed by atoms with E-state index in [4.69, 9.17) is 4.74 Å². The minimum Gasteiger partial charge on any atom is -0.466 e. The van der Waals surface area contributed by atoms with E-state index in [1.807, 2.05) is 28.5 Å². The van der Waals surface area contributed by atoms with Gasteiger partial charge in [0.15, 0.2) is 0 Å². The molecule has 1 atom stereocenters. The zero-order valence-electron chi connectivity index (χ0n) is 20.0. The Balaban J connectivity index is 1.98. The molecule has 178 valence electrons. The molecule has 0 bridgehead atoms. The highest BCUT2D eigenvalue weighted by atomic mass is 16.5. The van der Waals surface area contributed by atoms with Crippen molar-refractivity contribution >= 4 is 17.9 Å². The standard InChI is InChI=1S/C23H42N4O4/c1-5-24(6-2)23(30)26-15-11-19(12-16-26)22(29)27(17-13-21(28)31-8-4)18-20-10-9-14-25(20)7-3/h19-20H,5-18H2,1-4H3. The molecule has 2 heterocycles. The zero-order valence-corrected chi connectivity index (χ0v) is 20.0. The number of amides is 3. The van der Waals surface area contributed by atoms with Gasteiger partial charge in [0.2, 0.25) is 5.91 Å². The summed E-state index contributed by atoms with van der Waals surface area (Å²) < 4.78 is 5.08. The van der Waals surface area contributed by atoms with E-state index in [1.165, 1.54) is 0 Å². The van der Waals surface area contributed by atoms with Crippen LogP contribution in [-0.4, -0.2) is 103 Å². The fourth-order valence-corrected chi connectivity index (χ4v) is 4.79. The van der Waals surface area contributed by atoms with Crippen molar-refractivity contribution in [1.82, 2.24) is 19.6 Å². The second kappa shape index (κ2) is 12.9. The second-order valence-corrected chi connectivity index (χ2v) is 8.48. The van der Waals surface area contributed by atoms with Gasteiger partial charge in [-0.05, 0) is 59.5 Å². The normalized spacial score (nSPS) is 20.0. The van der Waals surface area contributed by atoms with E-state index in [2.05, 4.69) is 11.8 Å². The van der Waals surface area contributed by atoms with Gasteiger partial charge in [-0.2, -0.15) is 0 Å². The first-order valence-electron chi connectivity index (χ1n) is 12.2. The fraction of sp³-hybridized carbons (Fsp3) is 0.870. The minimum absolute atomic E-state index is 0.0691. The summed E-state index contributed by atoms with van der Waals surface area (Å²) in [6.45, 7) is 14.1. The fourth-order valence-electron chi connectivity index (χ4n) is 4.79. The van der Waals surface area contributed by atoms with Crippen LogP contribution >= 0.6 is 0 Å². The molecule has 31 heavy (non-hydrogen) atoms. The van der Waals surface area contributed by atoms with Crippen LogP contribution in [0, 0.1) is 5.92 Å². The molecule has 2 rings (SSSR count). The molecule has 0 saturated carbocycles. The molecule has 2 saturated heterocycles. The van der Waals surface area contributed by atoms with Crippen molar-refractivity contribution in [2.75, 3.05) is 59.0 Å². The third-order valence-corrected chi connectivity index (χ3v) is 6.69. The van der Waals surface area contributed by atoms with Gasteiger partial charge in [-0.15, -0.1) is 0 Å². The molecule has 8 heteroatoms. The Morgan fingerprint density at radius 3 is 2.19 bits per heavy atom. The highest BCUT2D eigenvalue weighted by Gasteiger charge is 2.34. The SMILES string of the molecule is CCOC(=O)CCN(CC1CCCN1CC)C(=O)C1CCN(C(=O)N(CC)CC)CC1. The lowest BCUT2D eigenvalue weighted by Crippen LogP contribution is -2.50. The number of likely N-dealkylation sites (N-methyl/N-ethyl adjacent to an activating group) is 1. The maximum atomic E-state index is 13.4. The third kappa shape index (κ3) is 7.09. The lowest BCUT2D eigenvalue weighted by molar-refractivity contribution is -0.145. The summed E-state index contributed by atoms with van der Waals surface area (Å²) in [4.78, 5) is 46.0. The van der Waals surface area contributed by atoms with Gasteiger partial charge < -0.3 is 19.4 Å². The minimum atomic E-state index is -0.251. The van der Waals surface area contributed by atoms with Crippen LogP contribution in [0.5, 0.6) is 0 Å². The van der Waals surface area contributed by atoms with Crippen molar-refractivity contribution in [2.24, 2.45) is 5.92 Å². The average Bonchev–Trinajstić information content (AvgIpc) is 3.24. The van der Waals surface area contributed by atoms with Crippen molar-refractivity contribution in [1.29, 1.82) is 0 Å². The number of esters is 1. The summed E-state index contributed by atoms with van der Waals surface area (Å²) in [6.07, 6.45) is 3.85. The second-order valence-electron chi connectivity index (χ2n) is 8.48. The van der Waals surface area contributed by atoms with E-state index in [0.717, 1.165) is 25.9 Å². The number of likely N-dealkylation sites (tertiary alicyclic amines) is 2. The number of carbonyl (C=O) groups excluding carboxylic acids is 3. The third-order valence-electron chi connectivity index (χ3n) is 6.69. The molecule has 0 aromatic rings. The molecule has 0 aliphatic carbocycles. The zero-order chi connectivity index (χ0) is 22.8. The molecule has 0 radical (unpaired) electrons. The Labute approximate surface area is 187 Å². The highest BCUT2D eigenvalue weighted by Crippen LogP contribution is 2.23. The summed E-state index contributed by atoms with van der Waals surface area (Å²) in [5.41, 5.74) is 0. The summed E-state index contributed by atoms with van der Waals surface area (Å²) >= 11 is 0. The lowest BCUT2D eigenvalue weighted by atomic mass is 9.95. The van der Waals surface area contributed by atoms with E-state index in [-0.39, 0.29) is 30.2 Å². The summed E-state index contributed by atoms with van der Waals surface area (Å²) in [5.74, 6) is -0.208. The summed E-state index contributed by atoms with van der Waals surface area (Å²) in [7, 11) is 0. The molecule has 0 aromatic carbocycles. The Kier molecular flexibility index (Phi) is 10.6. The molecule has 0 aromatic heterocycles. The maximum Gasteiger partial charge on any atom is 0.319 e. The van der Waals surface area contributed by atoms with Gasteiger partial charge in [0.05, 0.1) is 13.0 Å². The average molecular weight is 439 g/mol. The first-order chi connectivity index (χ1) is 14.9. The molecule has 2 fully saturated rings. The Morgan fingerprint density at radius 2 is 1.61 bits per heavy atom. The molecule has 2 aliphatic heterocycles. The molecule has 0 N–H and O–H groups in total. The van der Waals surface area contributed by atoms with Crippen molar-refractivity contribution in [3.05, 3.63) is 0 Å². The molecule has 1 unspecified atom stereocenters. The van der Waals surface area contributed by atoms with E-state index >= 15 is 0 Å². The van der Waals surface area contributed by atoms with Gasteiger partial charge >= 0.3 is 12.0 Å². The molecule has 8 nitrogen and oxygen atoms in total. The van der Waals surface area contributed by atoms with Crippen molar-refractivity contribution < 1.29 is 19.1 Å². The maximum absolute atomic E-state index is 13.4. The number of piperidine rings is 1. The quantitative estimate of drug-likeness (QED) is 0.490. The number of nitrogens with zero attached hydrogens (tertiary/aromatic N) is 4. The number of rotatable bonds is 10. The van der Waals surface area contributed by atoms with E-state index in [1.54, 1.807) is 6.92 Å². The summed E-state index contributed by atoms with van der Waals surface area (Å²) in [6, 6.07) is 0.431. The van der Waals surface area contributed by atoms with Crippen molar-refractivity contribution in [3.8, 4) is 0 Å².